The molecule has 0 fully saturated rings. The van der Waals surface area contributed by atoms with Crippen molar-refractivity contribution in [1.82, 2.24) is 4.90 Å². The molecule has 26 heavy (non-hydrogen) atoms. The molecule has 2 aromatic carbocycles. The maximum Gasteiger partial charge on any atom is 0.268 e. The summed E-state index contributed by atoms with van der Waals surface area (Å²) in [6.07, 6.45) is 1.62. The van der Waals surface area contributed by atoms with E-state index in [0.717, 1.165) is 17.7 Å². The normalized spacial score (nSPS) is 14.5. The summed E-state index contributed by atoms with van der Waals surface area (Å²) in [7, 11) is 0. The number of carbonyl (C=O) groups is 2. The topological polar surface area (TPSA) is 37.4 Å². The summed E-state index contributed by atoms with van der Waals surface area (Å²) in [5.74, 6) is -1.02. The van der Waals surface area contributed by atoms with Crippen molar-refractivity contribution in [2.24, 2.45) is 0 Å². The van der Waals surface area contributed by atoms with Gasteiger partial charge in [0.15, 0.2) is 0 Å². The van der Waals surface area contributed by atoms with E-state index in [1.54, 1.807) is 24.3 Å². The molecular weight excluding hydrogens is 373 g/mol. The zero-order valence-electron chi connectivity index (χ0n) is 14.2. The lowest BCUT2D eigenvalue weighted by Gasteiger charge is -2.14. The van der Waals surface area contributed by atoms with E-state index >= 15 is 0 Å². The molecule has 0 spiro atoms. The highest BCUT2D eigenvalue weighted by molar-refractivity contribution is 8.04. The second-order valence-electron chi connectivity index (χ2n) is 5.88. The molecule has 2 amide bonds. The van der Waals surface area contributed by atoms with E-state index in [-0.39, 0.29) is 17.6 Å². The Morgan fingerprint density at radius 1 is 1.00 bits per heavy atom. The molecule has 0 bridgehead atoms. The second-order valence-corrected chi connectivity index (χ2v) is 7.40. The Morgan fingerprint density at radius 2 is 1.65 bits per heavy atom. The standard InChI is InChI=1S/C20H17ClFNO2S/c1-2-3-12-23-19(24)17(13-4-8-15(22)9-5-13)18(20(23)25)26-16-10-6-14(21)7-11-16/h4-11H,2-3,12H2,1H3. The molecule has 0 saturated heterocycles. The third-order valence-electron chi connectivity index (χ3n) is 4.03. The van der Waals surface area contributed by atoms with Crippen molar-refractivity contribution in [1.29, 1.82) is 0 Å². The Labute approximate surface area is 160 Å². The SMILES string of the molecule is CCCCN1C(=O)C(Sc2ccc(Cl)cc2)=C(c2ccc(F)cc2)C1=O. The van der Waals surface area contributed by atoms with Crippen molar-refractivity contribution in [3.63, 3.8) is 0 Å². The van der Waals surface area contributed by atoms with E-state index in [1.807, 2.05) is 6.92 Å². The molecule has 0 N–H and O–H groups in total. The Morgan fingerprint density at radius 3 is 2.27 bits per heavy atom. The van der Waals surface area contributed by atoms with Gasteiger partial charge in [-0.15, -0.1) is 0 Å². The van der Waals surface area contributed by atoms with Gasteiger partial charge in [-0.05, 0) is 48.4 Å². The lowest BCUT2D eigenvalue weighted by molar-refractivity contribution is -0.136. The number of thioether (sulfide) groups is 1. The monoisotopic (exact) mass is 389 g/mol. The molecule has 134 valence electrons. The summed E-state index contributed by atoms with van der Waals surface area (Å²) in [4.78, 5) is 28.2. The number of imide groups is 1. The third kappa shape index (κ3) is 3.84. The zero-order chi connectivity index (χ0) is 18.7. The predicted molar refractivity (Wildman–Crippen MR) is 102 cm³/mol. The van der Waals surface area contributed by atoms with Gasteiger partial charge in [0.25, 0.3) is 11.8 Å². The Hall–Kier alpha value is -2.11. The van der Waals surface area contributed by atoms with E-state index in [9.17, 15) is 14.0 Å². The van der Waals surface area contributed by atoms with Crippen LogP contribution in [0.25, 0.3) is 5.57 Å². The van der Waals surface area contributed by atoms with Crippen LogP contribution in [0.1, 0.15) is 25.3 Å². The quantitative estimate of drug-likeness (QED) is 0.641. The van der Waals surface area contributed by atoms with Crippen molar-refractivity contribution in [3.8, 4) is 0 Å². The van der Waals surface area contributed by atoms with Gasteiger partial charge < -0.3 is 0 Å². The molecule has 0 unspecified atom stereocenters. The molecule has 0 atom stereocenters. The van der Waals surface area contributed by atoms with Gasteiger partial charge in [-0.3, -0.25) is 14.5 Å². The van der Waals surface area contributed by atoms with Gasteiger partial charge in [-0.2, -0.15) is 0 Å². The lowest BCUT2D eigenvalue weighted by atomic mass is 10.1. The number of hydrogen-bond acceptors (Lipinski definition) is 3. The van der Waals surface area contributed by atoms with Crippen LogP contribution in [0.4, 0.5) is 4.39 Å². The van der Waals surface area contributed by atoms with Crippen molar-refractivity contribution in [2.45, 2.75) is 24.7 Å². The van der Waals surface area contributed by atoms with Gasteiger partial charge in [0.2, 0.25) is 0 Å². The van der Waals surface area contributed by atoms with E-state index in [0.29, 0.717) is 27.6 Å². The number of rotatable bonds is 6. The molecule has 0 aromatic heterocycles. The van der Waals surface area contributed by atoms with Crippen LogP contribution in [-0.2, 0) is 9.59 Å². The number of unbranched alkanes of at least 4 members (excludes halogenated alkanes) is 1. The smallest absolute Gasteiger partial charge is 0.268 e. The Kier molecular flexibility index (Phi) is 5.79. The molecule has 3 nitrogen and oxygen atoms in total. The van der Waals surface area contributed by atoms with Crippen LogP contribution in [0.15, 0.2) is 58.3 Å². The van der Waals surface area contributed by atoms with Crippen LogP contribution in [0.5, 0.6) is 0 Å². The highest BCUT2D eigenvalue weighted by Gasteiger charge is 2.38. The Balaban J connectivity index is 2.02. The van der Waals surface area contributed by atoms with E-state index in [1.165, 1.54) is 40.9 Å². The lowest BCUT2D eigenvalue weighted by Crippen LogP contribution is -2.32. The van der Waals surface area contributed by atoms with E-state index in [2.05, 4.69) is 0 Å². The molecule has 3 rings (SSSR count). The first-order valence-corrected chi connectivity index (χ1v) is 9.50. The number of benzene rings is 2. The molecule has 1 heterocycles. The molecular formula is C20H17ClFNO2S. The Bertz CT molecular complexity index is 862. The summed E-state index contributed by atoms with van der Waals surface area (Å²) < 4.78 is 13.3. The molecule has 6 heteroatoms. The molecule has 1 aliphatic rings. The van der Waals surface area contributed by atoms with Crippen LogP contribution >= 0.6 is 23.4 Å². The first kappa shape index (κ1) is 18.7. The molecule has 0 aliphatic carbocycles. The van der Waals surface area contributed by atoms with Crippen LogP contribution in [-0.4, -0.2) is 23.3 Å². The number of nitrogens with zero attached hydrogens (tertiary/aromatic N) is 1. The van der Waals surface area contributed by atoms with Crippen LogP contribution in [0.2, 0.25) is 5.02 Å². The first-order valence-electron chi connectivity index (χ1n) is 8.31. The third-order valence-corrected chi connectivity index (χ3v) is 5.37. The van der Waals surface area contributed by atoms with Crippen molar-refractivity contribution < 1.29 is 14.0 Å². The highest BCUT2D eigenvalue weighted by Crippen LogP contribution is 2.40. The number of carbonyl (C=O) groups excluding carboxylic acids is 2. The van der Waals surface area contributed by atoms with Gasteiger partial charge in [0, 0.05) is 16.5 Å². The minimum absolute atomic E-state index is 0.303. The fourth-order valence-electron chi connectivity index (χ4n) is 2.66. The minimum Gasteiger partial charge on any atom is -0.274 e. The average molecular weight is 390 g/mol. The summed E-state index contributed by atoms with van der Waals surface area (Å²) in [6, 6.07) is 12.7. The summed E-state index contributed by atoms with van der Waals surface area (Å²) in [5.41, 5.74) is 0.867. The maximum absolute atomic E-state index is 13.3. The number of hydrogen-bond donors (Lipinski definition) is 0. The highest BCUT2D eigenvalue weighted by atomic mass is 35.5. The van der Waals surface area contributed by atoms with Crippen LogP contribution < -0.4 is 0 Å². The molecule has 0 saturated carbocycles. The first-order chi connectivity index (χ1) is 12.5. The zero-order valence-corrected chi connectivity index (χ0v) is 15.7. The number of halogens is 2. The minimum atomic E-state index is -0.388. The largest absolute Gasteiger partial charge is 0.274 e. The van der Waals surface area contributed by atoms with Gasteiger partial charge in [0.1, 0.15) is 5.82 Å². The van der Waals surface area contributed by atoms with E-state index < -0.39 is 0 Å². The summed E-state index contributed by atoms with van der Waals surface area (Å²) in [6.45, 7) is 2.38. The number of amides is 2. The van der Waals surface area contributed by atoms with Crippen molar-refractivity contribution >= 4 is 40.8 Å². The second kappa shape index (κ2) is 8.06. The summed E-state index contributed by atoms with van der Waals surface area (Å²) >= 11 is 7.15. The summed E-state index contributed by atoms with van der Waals surface area (Å²) in [5, 5.41) is 0.598. The van der Waals surface area contributed by atoms with Gasteiger partial charge >= 0.3 is 0 Å². The predicted octanol–water partition coefficient (Wildman–Crippen LogP) is 5.15. The molecule has 1 aliphatic heterocycles. The fraction of sp³-hybridized carbons (Fsp3) is 0.200. The average Bonchev–Trinajstić information content (AvgIpc) is 2.86. The van der Waals surface area contributed by atoms with Gasteiger partial charge in [-0.1, -0.05) is 48.8 Å². The van der Waals surface area contributed by atoms with Crippen LogP contribution in [0, 0.1) is 5.82 Å². The van der Waals surface area contributed by atoms with Crippen LogP contribution in [0.3, 0.4) is 0 Å². The van der Waals surface area contributed by atoms with Crippen molar-refractivity contribution in [2.75, 3.05) is 6.54 Å². The van der Waals surface area contributed by atoms with Gasteiger partial charge in [0.05, 0.1) is 10.5 Å². The van der Waals surface area contributed by atoms with Gasteiger partial charge in [-0.25, -0.2) is 4.39 Å². The maximum atomic E-state index is 13.3. The van der Waals surface area contributed by atoms with E-state index in [4.69, 9.17) is 11.6 Å². The molecule has 0 radical (unpaired) electrons. The molecule has 2 aromatic rings. The fourth-order valence-corrected chi connectivity index (χ4v) is 3.80. The van der Waals surface area contributed by atoms with Crippen molar-refractivity contribution in [3.05, 3.63) is 69.8 Å².